The first-order chi connectivity index (χ1) is 17.2. The third-order valence-electron chi connectivity index (χ3n) is 6.66. The second-order valence-corrected chi connectivity index (χ2v) is 9.26. The fourth-order valence-electron chi connectivity index (χ4n) is 4.76. The van der Waals surface area contributed by atoms with Gasteiger partial charge >= 0.3 is 0 Å². The third-order valence-corrected chi connectivity index (χ3v) is 6.66. The molecule has 2 N–H and O–H groups in total. The van der Waals surface area contributed by atoms with Crippen LogP contribution in [0.25, 0.3) is 11.1 Å². The number of carbonyl (C=O) groups is 1. The van der Waals surface area contributed by atoms with Gasteiger partial charge in [0, 0.05) is 60.9 Å². The topological polar surface area (TPSA) is 100 Å². The summed E-state index contributed by atoms with van der Waals surface area (Å²) in [5.74, 6) is -3.70. The SMILES string of the molecule is Cc1ncc(NC(=O)c2ccnc(C(C)(F)F)c2)cc1-c1cnc2c(c1)N1CCOCCC1CC2O. The monoisotopic (exact) mass is 495 g/mol. The van der Waals surface area contributed by atoms with E-state index in [0.29, 0.717) is 37.6 Å². The Morgan fingerprint density at radius 3 is 2.83 bits per heavy atom. The third kappa shape index (κ3) is 4.78. The van der Waals surface area contributed by atoms with Crippen LogP contribution in [-0.4, -0.2) is 51.8 Å². The Labute approximate surface area is 207 Å². The van der Waals surface area contributed by atoms with Gasteiger partial charge in [0.05, 0.1) is 36.0 Å². The number of rotatable bonds is 4. The van der Waals surface area contributed by atoms with Crippen LogP contribution < -0.4 is 10.2 Å². The molecule has 2 unspecified atom stereocenters. The quantitative estimate of drug-likeness (QED) is 0.558. The molecule has 0 aromatic carbocycles. The number of hydrogen-bond acceptors (Lipinski definition) is 7. The van der Waals surface area contributed by atoms with E-state index in [-0.39, 0.29) is 11.6 Å². The molecule has 1 fully saturated rings. The maximum absolute atomic E-state index is 13.6. The molecule has 2 aliphatic rings. The summed E-state index contributed by atoms with van der Waals surface area (Å²) in [6.07, 6.45) is 5.22. The van der Waals surface area contributed by atoms with Gasteiger partial charge in [0.25, 0.3) is 11.8 Å². The van der Waals surface area contributed by atoms with E-state index in [4.69, 9.17) is 4.74 Å². The van der Waals surface area contributed by atoms with Crippen molar-refractivity contribution in [3.63, 3.8) is 0 Å². The van der Waals surface area contributed by atoms with Gasteiger partial charge in [-0.3, -0.25) is 19.7 Å². The number of halogens is 2. The maximum atomic E-state index is 13.6. The van der Waals surface area contributed by atoms with E-state index in [1.807, 2.05) is 13.0 Å². The van der Waals surface area contributed by atoms with Gasteiger partial charge in [0.15, 0.2) is 0 Å². The number of aryl methyl sites for hydroxylation is 1. The van der Waals surface area contributed by atoms with Gasteiger partial charge in [0.2, 0.25) is 0 Å². The molecule has 0 radical (unpaired) electrons. The molecule has 36 heavy (non-hydrogen) atoms. The molecule has 0 spiro atoms. The van der Waals surface area contributed by atoms with E-state index in [2.05, 4.69) is 25.2 Å². The molecule has 0 bridgehead atoms. The summed E-state index contributed by atoms with van der Waals surface area (Å²) in [6.45, 7) is 4.58. The van der Waals surface area contributed by atoms with E-state index in [9.17, 15) is 18.7 Å². The average Bonchev–Trinajstić information content (AvgIpc) is 3.10. The molecular weight excluding hydrogens is 468 g/mol. The lowest BCUT2D eigenvalue weighted by Crippen LogP contribution is -2.41. The van der Waals surface area contributed by atoms with Crippen LogP contribution in [0, 0.1) is 6.92 Å². The molecule has 1 saturated heterocycles. The van der Waals surface area contributed by atoms with Crippen molar-refractivity contribution in [2.75, 3.05) is 30.0 Å². The zero-order valence-corrected chi connectivity index (χ0v) is 20.0. The molecule has 8 nitrogen and oxygen atoms in total. The van der Waals surface area contributed by atoms with Crippen LogP contribution >= 0.6 is 0 Å². The Hall–Kier alpha value is -3.50. The number of nitrogens with one attached hydrogen (secondary N) is 1. The number of aliphatic hydroxyl groups is 1. The number of nitrogens with zero attached hydrogens (tertiary/aromatic N) is 4. The van der Waals surface area contributed by atoms with E-state index in [1.54, 1.807) is 12.3 Å². The first kappa shape index (κ1) is 24.2. The number of pyridine rings is 3. The summed E-state index contributed by atoms with van der Waals surface area (Å²) < 4.78 is 32.9. The lowest BCUT2D eigenvalue weighted by atomic mass is 9.93. The lowest BCUT2D eigenvalue weighted by Gasteiger charge is -2.39. The number of alkyl halides is 2. The maximum Gasteiger partial charge on any atom is 0.286 e. The molecule has 0 aliphatic carbocycles. The van der Waals surface area contributed by atoms with Crippen LogP contribution in [0.3, 0.4) is 0 Å². The van der Waals surface area contributed by atoms with Crippen molar-refractivity contribution in [3.8, 4) is 11.1 Å². The molecule has 2 atom stereocenters. The molecule has 3 aromatic heterocycles. The van der Waals surface area contributed by atoms with Gasteiger partial charge < -0.3 is 20.1 Å². The predicted octanol–water partition coefficient (Wildman–Crippen LogP) is 4.24. The molecule has 5 rings (SSSR count). The summed E-state index contributed by atoms with van der Waals surface area (Å²) in [4.78, 5) is 27.7. The minimum atomic E-state index is -3.15. The van der Waals surface area contributed by atoms with Gasteiger partial charge in [-0.05, 0) is 44.0 Å². The Balaban J connectivity index is 1.44. The minimum absolute atomic E-state index is 0.0718. The average molecular weight is 496 g/mol. The Kier molecular flexibility index (Phi) is 6.40. The number of aromatic nitrogens is 3. The number of amides is 1. The van der Waals surface area contributed by atoms with Gasteiger partial charge in [-0.1, -0.05) is 0 Å². The predicted molar refractivity (Wildman–Crippen MR) is 130 cm³/mol. The van der Waals surface area contributed by atoms with Crippen LogP contribution in [0.4, 0.5) is 20.2 Å². The van der Waals surface area contributed by atoms with E-state index >= 15 is 0 Å². The highest BCUT2D eigenvalue weighted by molar-refractivity contribution is 6.04. The molecule has 3 aromatic rings. The van der Waals surface area contributed by atoms with E-state index in [0.717, 1.165) is 41.9 Å². The van der Waals surface area contributed by atoms with Crippen molar-refractivity contribution in [1.82, 2.24) is 15.0 Å². The highest BCUT2D eigenvalue weighted by atomic mass is 19.3. The van der Waals surface area contributed by atoms with Gasteiger partial charge in [-0.2, -0.15) is 8.78 Å². The highest BCUT2D eigenvalue weighted by Gasteiger charge is 2.34. The van der Waals surface area contributed by atoms with Crippen LogP contribution in [0.1, 0.15) is 53.3 Å². The number of ether oxygens (including phenoxy) is 1. The summed E-state index contributed by atoms with van der Waals surface area (Å²) in [5.41, 5.74) is 3.83. The zero-order chi connectivity index (χ0) is 25.4. The van der Waals surface area contributed by atoms with Crippen molar-refractivity contribution in [2.24, 2.45) is 0 Å². The van der Waals surface area contributed by atoms with Crippen molar-refractivity contribution in [2.45, 2.75) is 44.8 Å². The van der Waals surface area contributed by atoms with Crippen LogP contribution in [0.2, 0.25) is 0 Å². The summed E-state index contributed by atoms with van der Waals surface area (Å²) in [5, 5.41) is 13.4. The Bertz CT molecular complexity index is 1300. The second-order valence-electron chi connectivity index (χ2n) is 9.26. The van der Waals surface area contributed by atoms with Gasteiger partial charge in [-0.25, -0.2) is 0 Å². The minimum Gasteiger partial charge on any atom is -0.387 e. The first-order valence-corrected chi connectivity index (χ1v) is 11.9. The highest BCUT2D eigenvalue weighted by Crippen LogP contribution is 2.40. The number of carbonyl (C=O) groups excluding carboxylic acids is 1. The fourth-order valence-corrected chi connectivity index (χ4v) is 4.76. The summed E-state index contributed by atoms with van der Waals surface area (Å²) in [6, 6.07) is 6.42. The molecule has 2 aliphatic heterocycles. The van der Waals surface area contributed by atoms with Crippen LogP contribution in [0.5, 0.6) is 0 Å². The number of aliphatic hydroxyl groups excluding tert-OH is 1. The molecule has 5 heterocycles. The van der Waals surface area contributed by atoms with Gasteiger partial charge in [-0.15, -0.1) is 0 Å². The number of fused-ring (bicyclic) bond motifs is 3. The lowest BCUT2D eigenvalue weighted by molar-refractivity contribution is 0.0127. The Morgan fingerprint density at radius 1 is 1.19 bits per heavy atom. The van der Waals surface area contributed by atoms with Crippen LogP contribution in [-0.2, 0) is 10.7 Å². The van der Waals surface area contributed by atoms with E-state index < -0.39 is 23.6 Å². The second kappa shape index (κ2) is 9.51. The Morgan fingerprint density at radius 2 is 2.03 bits per heavy atom. The smallest absolute Gasteiger partial charge is 0.286 e. The number of hydrogen-bond donors (Lipinski definition) is 2. The van der Waals surface area contributed by atoms with Crippen molar-refractivity contribution < 1.29 is 23.4 Å². The van der Waals surface area contributed by atoms with E-state index in [1.165, 1.54) is 18.5 Å². The molecular formula is C26H27F2N5O3. The standard InChI is InChI=1S/C26H27F2N5O3/c1-15-20(11-18(14-30-15)32-25(35)16-3-5-29-23(10-16)26(2,27)28)17-9-21-24(31-13-17)22(34)12-19-4-7-36-8-6-33(19)21/h3,5,9-11,13-14,19,22,34H,4,6-8,12H2,1-2H3,(H,32,35). The van der Waals surface area contributed by atoms with Crippen LogP contribution in [0.15, 0.2) is 42.9 Å². The molecule has 188 valence electrons. The number of anilines is 2. The summed E-state index contributed by atoms with van der Waals surface area (Å²) >= 11 is 0. The largest absolute Gasteiger partial charge is 0.387 e. The van der Waals surface area contributed by atoms with Gasteiger partial charge in [0.1, 0.15) is 5.69 Å². The zero-order valence-electron chi connectivity index (χ0n) is 20.0. The molecule has 1 amide bonds. The molecule has 10 heteroatoms. The fraction of sp³-hybridized carbons (Fsp3) is 0.385. The van der Waals surface area contributed by atoms with Crippen molar-refractivity contribution >= 4 is 17.3 Å². The first-order valence-electron chi connectivity index (χ1n) is 11.9. The summed E-state index contributed by atoms with van der Waals surface area (Å²) in [7, 11) is 0. The van der Waals surface area contributed by atoms with Crippen molar-refractivity contribution in [3.05, 3.63) is 65.5 Å². The molecule has 0 saturated carbocycles. The van der Waals surface area contributed by atoms with Crippen molar-refractivity contribution in [1.29, 1.82) is 0 Å². The normalized spacial score (nSPS) is 19.8.